The van der Waals surface area contributed by atoms with Crippen molar-refractivity contribution in [1.82, 2.24) is 24.4 Å². The first-order valence-corrected chi connectivity index (χ1v) is 9.84. The van der Waals surface area contributed by atoms with Gasteiger partial charge in [-0.3, -0.25) is 4.79 Å². The van der Waals surface area contributed by atoms with Gasteiger partial charge in [0.15, 0.2) is 0 Å². The van der Waals surface area contributed by atoms with Crippen LogP contribution in [-0.4, -0.2) is 43.4 Å². The van der Waals surface area contributed by atoms with Gasteiger partial charge in [-0.15, -0.1) is 0 Å². The second-order valence-corrected chi connectivity index (χ2v) is 7.73. The van der Waals surface area contributed by atoms with Crippen LogP contribution in [0.2, 0.25) is 0 Å². The summed E-state index contributed by atoms with van der Waals surface area (Å²) < 4.78 is 2.10. The maximum Gasteiger partial charge on any atom is 0.224 e. The number of aromatic amines is 1. The van der Waals surface area contributed by atoms with E-state index in [1.165, 1.54) is 5.69 Å². The summed E-state index contributed by atoms with van der Waals surface area (Å²) in [4.78, 5) is 27.1. The van der Waals surface area contributed by atoms with E-state index in [-0.39, 0.29) is 5.91 Å². The van der Waals surface area contributed by atoms with Crippen LogP contribution in [0.5, 0.6) is 0 Å². The quantitative estimate of drug-likeness (QED) is 0.750. The Hall–Kier alpha value is -2.63. The van der Waals surface area contributed by atoms with Gasteiger partial charge in [0, 0.05) is 67.6 Å². The van der Waals surface area contributed by atoms with E-state index in [4.69, 9.17) is 0 Å². The highest BCUT2D eigenvalue weighted by molar-refractivity contribution is 5.77. The maximum absolute atomic E-state index is 12.8. The summed E-state index contributed by atoms with van der Waals surface area (Å²) in [6, 6.07) is 6.21. The minimum Gasteiger partial charge on any atom is -0.343 e. The molecule has 3 aromatic rings. The van der Waals surface area contributed by atoms with E-state index < -0.39 is 0 Å². The number of hydrogen-bond acceptors (Lipinski definition) is 3. The molecule has 1 saturated heterocycles. The van der Waals surface area contributed by atoms with Crippen LogP contribution in [0.4, 0.5) is 0 Å². The van der Waals surface area contributed by atoms with E-state index in [0.717, 1.165) is 42.8 Å². The highest BCUT2D eigenvalue weighted by atomic mass is 16.2. The van der Waals surface area contributed by atoms with Crippen molar-refractivity contribution < 1.29 is 4.79 Å². The Balaban J connectivity index is 1.40. The predicted octanol–water partition coefficient (Wildman–Crippen LogP) is 3.68. The van der Waals surface area contributed by atoms with Gasteiger partial charge < -0.3 is 14.5 Å². The smallest absolute Gasteiger partial charge is 0.224 e. The number of carbonyl (C=O) groups excluding carboxylic acids is 1. The van der Waals surface area contributed by atoms with Gasteiger partial charge in [0.05, 0.1) is 0 Å². The highest BCUT2D eigenvalue weighted by Gasteiger charge is 2.26. The molecule has 0 radical (unpaired) electrons. The average molecular weight is 365 g/mol. The van der Waals surface area contributed by atoms with Crippen LogP contribution in [0.1, 0.15) is 56.5 Å². The molecule has 6 nitrogen and oxygen atoms in total. The Morgan fingerprint density at radius 1 is 1.33 bits per heavy atom. The molecule has 1 atom stereocenters. The molecule has 142 valence electrons. The number of piperidine rings is 1. The molecule has 6 heteroatoms. The molecule has 3 aromatic heterocycles. The fourth-order valence-electron chi connectivity index (χ4n) is 4.04. The predicted molar refractivity (Wildman–Crippen MR) is 106 cm³/mol. The summed E-state index contributed by atoms with van der Waals surface area (Å²) >= 11 is 0. The summed E-state index contributed by atoms with van der Waals surface area (Å²) in [5.74, 6) is 2.00. The van der Waals surface area contributed by atoms with E-state index in [1.54, 1.807) is 6.20 Å². The van der Waals surface area contributed by atoms with Crippen LogP contribution in [0.15, 0.2) is 36.8 Å². The Morgan fingerprint density at radius 2 is 2.22 bits per heavy atom. The van der Waals surface area contributed by atoms with Gasteiger partial charge >= 0.3 is 0 Å². The third-order valence-electron chi connectivity index (χ3n) is 5.46. The second-order valence-electron chi connectivity index (χ2n) is 7.73. The number of fused-ring (bicyclic) bond motifs is 1. The van der Waals surface area contributed by atoms with Crippen molar-refractivity contribution in [3.8, 4) is 0 Å². The Labute approximate surface area is 159 Å². The summed E-state index contributed by atoms with van der Waals surface area (Å²) in [6.07, 6.45) is 8.27. The zero-order valence-corrected chi connectivity index (χ0v) is 16.1. The lowest BCUT2D eigenvalue weighted by Crippen LogP contribution is -2.39. The summed E-state index contributed by atoms with van der Waals surface area (Å²) in [5.41, 5.74) is 2.12. The molecule has 4 heterocycles. The van der Waals surface area contributed by atoms with E-state index in [2.05, 4.69) is 45.5 Å². The molecule has 4 rings (SSSR count). The van der Waals surface area contributed by atoms with Gasteiger partial charge in [-0.05, 0) is 31.0 Å². The van der Waals surface area contributed by atoms with Crippen LogP contribution in [0.25, 0.3) is 11.0 Å². The Morgan fingerprint density at radius 3 is 3.04 bits per heavy atom. The third kappa shape index (κ3) is 3.75. The topological polar surface area (TPSA) is 66.8 Å². The van der Waals surface area contributed by atoms with E-state index in [9.17, 15) is 4.79 Å². The number of aryl methyl sites for hydroxylation is 1. The molecule has 1 unspecified atom stereocenters. The molecule has 1 amide bonds. The standard InChI is InChI=1S/C21H27N5O/c1-15(2)21-23-9-12-25(21)11-7-19(27)26-10-4-6-17(14-26)18-13-16-5-3-8-22-20(16)24-18/h3,5,8-9,12-13,15,17H,4,6-7,10-11,14H2,1-2H3,(H,22,24). The molecular weight excluding hydrogens is 338 g/mol. The van der Waals surface area contributed by atoms with Crippen LogP contribution >= 0.6 is 0 Å². The number of likely N-dealkylation sites (tertiary alicyclic amines) is 1. The van der Waals surface area contributed by atoms with Crippen molar-refractivity contribution in [3.63, 3.8) is 0 Å². The number of imidazole rings is 1. The molecule has 0 bridgehead atoms. The largest absolute Gasteiger partial charge is 0.343 e. The molecule has 0 aliphatic carbocycles. The molecule has 1 N–H and O–H groups in total. The lowest BCUT2D eigenvalue weighted by atomic mass is 9.94. The van der Waals surface area contributed by atoms with Crippen molar-refractivity contribution in [2.45, 2.75) is 51.5 Å². The molecular formula is C21H27N5O. The number of H-pyrrole nitrogens is 1. The van der Waals surface area contributed by atoms with Gasteiger partial charge in [-0.25, -0.2) is 9.97 Å². The van der Waals surface area contributed by atoms with Crippen LogP contribution in [0, 0.1) is 0 Å². The van der Waals surface area contributed by atoms with Crippen LogP contribution in [0.3, 0.4) is 0 Å². The van der Waals surface area contributed by atoms with Gasteiger partial charge in [0.1, 0.15) is 11.5 Å². The van der Waals surface area contributed by atoms with E-state index in [0.29, 0.717) is 24.8 Å². The van der Waals surface area contributed by atoms with Crippen molar-refractivity contribution in [3.05, 3.63) is 48.3 Å². The molecule has 1 aliphatic rings. The molecule has 1 fully saturated rings. The minimum absolute atomic E-state index is 0.234. The number of pyridine rings is 1. The minimum atomic E-state index is 0.234. The van der Waals surface area contributed by atoms with Gasteiger partial charge in [0.25, 0.3) is 0 Å². The van der Waals surface area contributed by atoms with Crippen molar-refractivity contribution in [2.75, 3.05) is 13.1 Å². The lowest BCUT2D eigenvalue weighted by molar-refractivity contribution is -0.132. The van der Waals surface area contributed by atoms with E-state index >= 15 is 0 Å². The Kier molecular flexibility index (Phi) is 4.97. The number of aromatic nitrogens is 4. The number of nitrogens with one attached hydrogen (secondary N) is 1. The summed E-state index contributed by atoms with van der Waals surface area (Å²) in [6.45, 7) is 6.60. The van der Waals surface area contributed by atoms with Gasteiger partial charge in [0.2, 0.25) is 5.91 Å². The van der Waals surface area contributed by atoms with Crippen LogP contribution in [-0.2, 0) is 11.3 Å². The van der Waals surface area contributed by atoms with Crippen molar-refractivity contribution in [1.29, 1.82) is 0 Å². The van der Waals surface area contributed by atoms with Crippen molar-refractivity contribution >= 4 is 16.9 Å². The lowest BCUT2D eigenvalue weighted by Gasteiger charge is -2.32. The highest BCUT2D eigenvalue weighted by Crippen LogP contribution is 2.28. The summed E-state index contributed by atoms with van der Waals surface area (Å²) in [7, 11) is 0. The second kappa shape index (κ2) is 7.55. The first-order valence-electron chi connectivity index (χ1n) is 9.84. The molecule has 0 aromatic carbocycles. The zero-order chi connectivity index (χ0) is 18.8. The number of amides is 1. The summed E-state index contributed by atoms with van der Waals surface area (Å²) in [5, 5.41) is 1.14. The molecule has 1 aliphatic heterocycles. The molecule has 27 heavy (non-hydrogen) atoms. The van der Waals surface area contributed by atoms with Crippen LogP contribution < -0.4 is 0 Å². The monoisotopic (exact) mass is 365 g/mol. The van der Waals surface area contributed by atoms with E-state index in [1.807, 2.05) is 23.4 Å². The number of carbonyl (C=O) groups is 1. The Bertz CT molecular complexity index is 892. The fraction of sp³-hybridized carbons (Fsp3) is 0.476. The number of rotatable bonds is 5. The van der Waals surface area contributed by atoms with Crippen molar-refractivity contribution in [2.24, 2.45) is 0 Å². The fourth-order valence-corrected chi connectivity index (χ4v) is 4.04. The SMILES string of the molecule is CC(C)c1nccn1CCC(=O)N1CCCC(c2cc3cccnc3[nH]2)C1. The normalized spacial score (nSPS) is 17.7. The third-order valence-corrected chi connectivity index (χ3v) is 5.46. The maximum atomic E-state index is 12.8. The number of hydrogen-bond donors (Lipinski definition) is 1. The number of nitrogens with zero attached hydrogens (tertiary/aromatic N) is 4. The molecule has 0 saturated carbocycles. The van der Waals surface area contributed by atoms with Gasteiger partial charge in [-0.2, -0.15) is 0 Å². The van der Waals surface area contributed by atoms with Gasteiger partial charge in [-0.1, -0.05) is 13.8 Å². The average Bonchev–Trinajstić information content (AvgIpc) is 3.33. The first kappa shape index (κ1) is 17.8. The molecule has 0 spiro atoms. The zero-order valence-electron chi connectivity index (χ0n) is 16.1. The first-order chi connectivity index (χ1) is 13.1.